The number of aliphatic hydroxyl groups excluding tert-OH is 1. The number of Topliss-reactive ketones (excluding diaryl/α,β-unsaturated/α-hetero) is 1. The molecular weight excluding hydrogens is 436 g/mol. The largest absolute Gasteiger partial charge is 0.503 e. The highest BCUT2D eigenvalue weighted by Gasteiger charge is 2.44. The van der Waals surface area contributed by atoms with Crippen molar-refractivity contribution in [3.8, 4) is 11.5 Å². The number of rotatable bonds is 13. The highest BCUT2D eigenvalue weighted by atomic mass is 16.5. The molecule has 184 valence electrons. The minimum Gasteiger partial charge on any atom is -0.503 e. The zero-order chi connectivity index (χ0) is 24.7. The Bertz CT molecular complexity index is 1010. The summed E-state index contributed by atoms with van der Waals surface area (Å²) >= 11 is 0. The highest BCUT2D eigenvalue weighted by Crippen LogP contribution is 2.42. The number of nitrogens with zero attached hydrogens (tertiary/aromatic N) is 2. The van der Waals surface area contributed by atoms with E-state index in [1.807, 2.05) is 32.0 Å². The van der Waals surface area contributed by atoms with Gasteiger partial charge in [-0.2, -0.15) is 0 Å². The minimum absolute atomic E-state index is 0.00639. The van der Waals surface area contributed by atoms with Crippen molar-refractivity contribution >= 4 is 11.7 Å². The van der Waals surface area contributed by atoms with Crippen LogP contribution in [0.3, 0.4) is 0 Å². The van der Waals surface area contributed by atoms with E-state index < -0.39 is 23.5 Å². The molecule has 2 aromatic rings. The van der Waals surface area contributed by atoms with E-state index in [2.05, 4.69) is 6.92 Å². The molecule has 1 N–H and O–H groups in total. The van der Waals surface area contributed by atoms with Crippen molar-refractivity contribution in [3.63, 3.8) is 0 Å². The first-order valence-electron chi connectivity index (χ1n) is 11.8. The fraction of sp³-hybridized carbons (Fsp3) is 0.462. The Morgan fingerprint density at radius 1 is 1.15 bits per heavy atom. The molecule has 1 aromatic heterocycles. The topological polar surface area (TPSA) is 92.5 Å². The predicted molar refractivity (Wildman–Crippen MR) is 128 cm³/mol. The van der Waals surface area contributed by atoms with E-state index in [-0.39, 0.29) is 11.3 Å². The lowest BCUT2D eigenvalue weighted by atomic mass is 9.94. The number of furan rings is 1. The van der Waals surface area contributed by atoms with Crippen LogP contribution in [0.15, 0.2) is 52.3 Å². The van der Waals surface area contributed by atoms with Crippen molar-refractivity contribution in [1.29, 1.82) is 0 Å². The molecule has 0 saturated heterocycles. The first-order valence-corrected chi connectivity index (χ1v) is 11.8. The molecule has 1 aliphatic heterocycles. The zero-order valence-corrected chi connectivity index (χ0v) is 20.4. The number of amides is 1. The number of carbonyl (C=O) groups is 2. The lowest BCUT2D eigenvalue weighted by Crippen LogP contribution is -2.33. The van der Waals surface area contributed by atoms with Gasteiger partial charge in [-0.1, -0.05) is 19.4 Å². The fourth-order valence-electron chi connectivity index (χ4n) is 3.97. The van der Waals surface area contributed by atoms with Crippen LogP contribution in [0.1, 0.15) is 55.3 Å². The van der Waals surface area contributed by atoms with E-state index in [0.29, 0.717) is 43.2 Å². The normalized spacial score (nSPS) is 16.0. The van der Waals surface area contributed by atoms with Gasteiger partial charge in [0.05, 0.1) is 31.1 Å². The third-order valence-electron chi connectivity index (χ3n) is 5.64. The predicted octanol–water partition coefficient (Wildman–Crippen LogP) is 4.39. The number of benzene rings is 1. The van der Waals surface area contributed by atoms with Crippen LogP contribution in [0.2, 0.25) is 0 Å². The van der Waals surface area contributed by atoms with Gasteiger partial charge >= 0.3 is 0 Å². The molecule has 0 fully saturated rings. The number of unbranched alkanes of at least 4 members (excludes halogenated alkanes) is 1. The summed E-state index contributed by atoms with van der Waals surface area (Å²) in [6.07, 6.45) is 4.00. The molecule has 1 unspecified atom stereocenters. The zero-order valence-electron chi connectivity index (χ0n) is 20.4. The summed E-state index contributed by atoms with van der Waals surface area (Å²) in [5.41, 5.74) is 0.662. The molecule has 1 aliphatic rings. The summed E-state index contributed by atoms with van der Waals surface area (Å²) in [5, 5.41) is 10.8. The molecule has 3 rings (SSSR count). The fourth-order valence-corrected chi connectivity index (χ4v) is 3.97. The average molecular weight is 471 g/mol. The maximum atomic E-state index is 13.3. The quantitative estimate of drug-likeness (QED) is 0.343. The summed E-state index contributed by atoms with van der Waals surface area (Å²) in [4.78, 5) is 29.9. The number of ketones is 1. The summed E-state index contributed by atoms with van der Waals surface area (Å²) in [6, 6.07) is 7.75. The monoisotopic (exact) mass is 470 g/mol. The Kier molecular flexibility index (Phi) is 8.76. The Morgan fingerprint density at radius 2 is 1.94 bits per heavy atom. The maximum absolute atomic E-state index is 13.3. The highest BCUT2D eigenvalue weighted by molar-refractivity contribution is 6.15. The lowest BCUT2D eigenvalue weighted by Gasteiger charge is -2.28. The van der Waals surface area contributed by atoms with Crippen molar-refractivity contribution in [2.45, 2.75) is 39.2 Å². The molecule has 1 aromatic carbocycles. The molecule has 2 heterocycles. The third-order valence-corrected chi connectivity index (χ3v) is 5.64. The van der Waals surface area contributed by atoms with E-state index in [4.69, 9.17) is 13.9 Å². The van der Waals surface area contributed by atoms with Crippen molar-refractivity contribution in [1.82, 2.24) is 9.80 Å². The average Bonchev–Trinajstić information content (AvgIpc) is 3.43. The van der Waals surface area contributed by atoms with Crippen molar-refractivity contribution in [2.24, 2.45) is 0 Å². The van der Waals surface area contributed by atoms with Crippen molar-refractivity contribution in [2.75, 3.05) is 40.4 Å². The molecule has 0 spiro atoms. The van der Waals surface area contributed by atoms with Crippen molar-refractivity contribution < 1.29 is 28.6 Å². The molecule has 0 saturated carbocycles. The van der Waals surface area contributed by atoms with E-state index in [0.717, 1.165) is 19.4 Å². The Balaban J connectivity index is 2.01. The summed E-state index contributed by atoms with van der Waals surface area (Å²) in [6.45, 7) is 6.11. The van der Waals surface area contributed by atoms with Crippen LogP contribution in [0.5, 0.6) is 11.5 Å². The van der Waals surface area contributed by atoms with E-state index >= 15 is 0 Å². The minimum atomic E-state index is -0.767. The summed E-state index contributed by atoms with van der Waals surface area (Å²) in [7, 11) is 3.91. The number of carbonyl (C=O) groups excluding carboxylic acids is 2. The SMILES string of the molecule is CCCCOc1ccc(C2C(C(=O)c3ccco3)=C(O)C(=O)N2CCCN(C)C)cc1OCC. The van der Waals surface area contributed by atoms with Gasteiger partial charge in [0.25, 0.3) is 5.91 Å². The third kappa shape index (κ3) is 5.62. The van der Waals surface area contributed by atoms with Crippen LogP contribution in [0, 0.1) is 0 Å². The van der Waals surface area contributed by atoms with Gasteiger partial charge in [-0.05, 0) is 70.2 Å². The molecule has 0 bridgehead atoms. The van der Waals surface area contributed by atoms with Crippen LogP contribution in [-0.2, 0) is 4.79 Å². The molecule has 1 atom stereocenters. The van der Waals surface area contributed by atoms with E-state index in [1.54, 1.807) is 18.2 Å². The first kappa shape index (κ1) is 25.4. The number of ether oxygens (including phenoxy) is 2. The Morgan fingerprint density at radius 3 is 2.59 bits per heavy atom. The molecule has 8 nitrogen and oxygen atoms in total. The number of aliphatic hydroxyl groups is 1. The second kappa shape index (κ2) is 11.7. The molecule has 0 aliphatic carbocycles. The molecule has 8 heteroatoms. The van der Waals surface area contributed by atoms with E-state index in [1.165, 1.54) is 17.2 Å². The van der Waals surface area contributed by atoms with Gasteiger partial charge in [-0.25, -0.2) is 0 Å². The van der Waals surface area contributed by atoms with Crippen LogP contribution in [0.4, 0.5) is 0 Å². The van der Waals surface area contributed by atoms with Crippen LogP contribution in [0.25, 0.3) is 0 Å². The molecule has 1 amide bonds. The van der Waals surface area contributed by atoms with Gasteiger partial charge in [0.1, 0.15) is 0 Å². The molecular formula is C26H34N2O6. The first-order chi connectivity index (χ1) is 16.4. The Labute approximate surface area is 200 Å². The van der Waals surface area contributed by atoms with Gasteiger partial charge < -0.3 is 28.8 Å². The van der Waals surface area contributed by atoms with Crippen LogP contribution >= 0.6 is 0 Å². The smallest absolute Gasteiger partial charge is 0.290 e. The summed E-state index contributed by atoms with van der Waals surface area (Å²) < 4.78 is 17.0. The molecule has 34 heavy (non-hydrogen) atoms. The number of hydrogen-bond acceptors (Lipinski definition) is 7. The second-order valence-corrected chi connectivity index (χ2v) is 8.47. The lowest BCUT2D eigenvalue weighted by molar-refractivity contribution is -0.129. The Hall–Kier alpha value is -3.26. The second-order valence-electron chi connectivity index (χ2n) is 8.47. The van der Waals surface area contributed by atoms with Crippen molar-refractivity contribution in [3.05, 3.63) is 59.3 Å². The van der Waals surface area contributed by atoms with Gasteiger partial charge in [-0.15, -0.1) is 0 Å². The molecule has 0 radical (unpaired) electrons. The summed E-state index contributed by atoms with van der Waals surface area (Å²) in [5.74, 6) is -0.420. The standard InChI is InChI=1S/C26H34N2O6/c1-5-7-15-33-19-12-11-18(17-21(19)32-6-2)23-22(24(29)20-10-8-16-34-20)25(30)26(31)28(23)14-9-13-27(3)4/h8,10-12,16-17,23,30H,5-7,9,13-15H2,1-4H3. The maximum Gasteiger partial charge on any atom is 0.290 e. The van der Waals surface area contributed by atoms with Gasteiger partial charge in [-0.3, -0.25) is 9.59 Å². The van der Waals surface area contributed by atoms with Crippen LogP contribution in [-0.4, -0.2) is 67.0 Å². The van der Waals surface area contributed by atoms with Crippen LogP contribution < -0.4 is 9.47 Å². The van der Waals surface area contributed by atoms with Gasteiger partial charge in [0, 0.05) is 6.54 Å². The van der Waals surface area contributed by atoms with Gasteiger partial charge in [0.15, 0.2) is 23.0 Å². The van der Waals surface area contributed by atoms with E-state index in [9.17, 15) is 14.7 Å². The number of hydrogen-bond donors (Lipinski definition) is 1. The van der Waals surface area contributed by atoms with Gasteiger partial charge in [0.2, 0.25) is 5.78 Å².